The monoisotopic (exact) mass is 210 g/mol. The highest BCUT2D eigenvalue weighted by atomic mass is 15.3. The zero-order valence-electron chi connectivity index (χ0n) is 11.4. The Morgan fingerprint density at radius 3 is 1.73 bits per heavy atom. The van der Waals surface area contributed by atoms with Crippen molar-refractivity contribution in [3.63, 3.8) is 0 Å². The third kappa shape index (κ3) is 5.01. The van der Waals surface area contributed by atoms with Crippen LogP contribution in [0, 0.1) is 13.8 Å². The molecule has 0 radical (unpaired) electrons. The second-order valence-electron chi connectivity index (χ2n) is 5.01. The normalized spacial score (nSPS) is 10.9. The van der Waals surface area contributed by atoms with Crippen molar-refractivity contribution in [1.82, 2.24) is 9.78 Å². The number of aromatic nitrogens is 2. The quantitative estimate of drug-likeness (QED) is 0.683. The van der Waals surface area contributed by atoms with Crippen LogP contribution >= 0.6 is 0 Å². The maximum atomic E-state index is 4.40. The average Bonchev–Trinajstić information content (AvgIpc) is 2.45. The number of nitrogens with zero attached hydrogens (tertiary/aromatic N) is 2. The fourth-order valence-corrected chi connectivity index (χ4v) is 1.31. The van der Waals surface area contributed by atoms with Crippen molar-refractivity contribution >= 4 is 0 Å². The van der Waals surface area contributed by atoms with Crippen molar-refractivity contribution in [2.45, 2.75) is 66.8 Å². The molecule has 0 saturated heterocycles. The zero-order valence-corrected chi connectivity index (χ0v) is 11.4. The summed E-state index contributed by atoms with van der Waals surface area (Å²) >= 11 is 0. The molecule has 1 aromatic rings. The molecule has 0 amide bonds. The Balaban J connectivity index is 0.000000423. The van der Waals surface area contributed by atoms with Crippen LogP contribution in [0.15, 0.2) is 6.07 Å². The summed E-state index contributed by atoms with van der Waals surface area (Å²) in [5.41, 5.74) is 2.44. The van der Waals surface area contributed by atoms with Gasteiger partial charge in [0, 0.05) is 5.69 Å². The van der Waals surface area contributed by atoms with E-state index in [2.05, 4.69) is 57.4 Å². The van der Waals surface area contributed by atoms with Gasteiger partial charge < -0.3 is 0 Å². The van der Waals surface area contributed by atoms with Crippen molar-refractivity contribution in [1.29, 1.82) is 0 Å². The van der Waals surface area contributed by atoms with E-state index in [4.69, 9.17) is 0 Å². The topological polar surface area (TPSA) is 17.8 Å². The highest BCUT2D eigenvalue weighted by Crippen LogP contribution is 2.15. The van der Waals surface area contributed by atoms with E-state index in [-0.39, 0.29) is 5.54 Å². The lowest BCUT2D eigenvalue weighted by Gasteiger charge is -2.21. The summed E-state index contributed by atoms with van der Waals surface area (Å²) < 4.78 is 2.06. The molecule has 0 unspecified atom stereocenters. The summed E-state index contributed by atoms with van der Waals surface area (Å²) in [6, 6.07) is 2.10. The van der Waals surface area contributed by atoms with Crippen LogP contribution in [0.25, 0.3) is 0 Å². The predicted octanol–water partition coefficient (Wildman–Crippen LogP) is 4.06. The van der Waals surface area contributed by atoms with Crippen LogP contribution in [0.3, 0.4) is 0 Å². The molecule has 1 aromatic heterocycles. The van der Waals surface area contributed by atoms with E-state index in [1.165, 1.54) is 18.5 Å². The van der Waals surface area contributed by atoms with Gasteiger partial charge in [-0.1, -0.05) is 26.7 Å². The summed E-state index contributed by atoms with van der Waals surface area (Å²) in [6.45, 7) is 15.0. The van der Waals surface area contributed by atoms with Crippen molar-refractivity contribution < 1.29 is 0 Å². The molecule has 1 heterocycles. The average molecular weight is 210 g/mol. The van der Waals surface area contributed by atoms with Gasteiger partial charge in [0.2, 0.25) is 0 Å². The lowest BCUT2D eigenvalue weighted by atomic mass is 10.1. The first kappa shape index (κ1) is 14.2. The first-order valence-electron chi connectivity index (χ1n) is 5.86. The molecule has 0 saturated carbocycles. The van der Waals surface area contributed by atoms with Crippen LogP contribution in [0.1, 0.15) is 58.8 Å². The fourth-order valence-electron chi connectivity index (χ4n) is 1.31. The molecule has 0 spiro atoms. The SMILES string of the molecule is CCCC.Cc1cc(C)n(C(C)(C)C)n1. The number of aryl methyl sites for hydroxylation is 2. The summed E-state index contributed by atoms with van der Waals surface area (Å²) in [5, 5.41) is 4.40. The first-order valence-corrected chi connectivity index (χ1v) is 5.86. The highest BCUT2D eigenvalue weighted by Gasteiger charge is 2.15. The molecule has 2 nitrogen and oxygen atoms in total. The summed E-state index contributed by atoms with van der Waals surface area (Å²) in [7, 11) is 0. The number of unbranched alkanes of at least 4 members (excludes halogenated alkanes) is 1. The van der Waals surface area contributed by atoms with Crippen LogP contribution in [0.5, 0.6) is 0 Å². The molecule has 0 N–H and O–H groups in total. The first-order chi connectivity index (χ1) is 6.82. The van der Waals surface area contributed by atoms with Gasteiger partial charge in [0.05, 0.1) is 11.2 Å². The van der Waals surface area contributed by atoms with E-state index >= 15 is 0 Å². The Hall–Kier alpha value is -0.790. The maximum absolute atomic E-state index is 4.40. The highest BCUT2D eigenvalue weighted by molar-refractivity contribution is 5.08. The second-order valence-corrected chi connectivity index (χ2v) is 5.01. The van der Waals surface area contributed by atoms with E-state index in [9.17, 15) is 0 Å². The minimum absolute atomic E-state index is 0.109. The molecule has 0 aromatic carbocycles. The molecular formula is C13H26N2. The van der Waals surface area contributed by atoms with Gasteiger partial charge in [-0.15, -0.1) is 0 Å². The number of hydrogen-bond acceptors (Lipinski definition) is 1. The summed E-state index contributed by atoms with van der Waals surface area (Å²) in [6.07, 6.45) is 2.64. The van der Waals surface area contributed by atoms with E-state index < -0.39 is 0 Å². The molecule has 0 aliphatic rings. The van der Waals surface area contributed by atoms with Gasteiger partial charge in [-0.25, -0.2) is 0 Å². The van der Waals surface area contributed by atoms with Gasteiger partial charge in [0.1, 0.15) is 0 Å². The third-order valence-electron chi connectivity index (χ3n) is 2.15. The van der Waals surface area contributed by atoms with Gasteiger partial charge in [0.15, 0.2) is 0 Å². The molecule has 88 valence electrons. The molecule has 2 heteroatoms. The molecule has 1 rings (SSSR count). The zero-order chi connectivity index (χ0) is 12.1. The summed E-state index contributed by atoms with van der Waals surface area (Å²) in [5.74, 6) is 0. The van der Waals surface area contributed by atoms with E-state index in [0.717, 1.165) is 5.69 Å². The minimum atomic E-state index is 0.109. The molecule has 0 atom stereocenters. The third-order valence-corrected chi connectivity index (χ3v) is 2.15. The van der Waals surface area contributed by atoms with Gasteiger partial charge in [-0.05, 0) is 40.7 Å². The van der Waals surface area contributed by atoms with Gasteiger partial charge in [0.25, 0.3) is 0 Å². The predicted molar refractivity (Wildman–Crippen MR) is 67.3 cm³/mol. The lowest BCUT2D eigenvalue weighted by Crippen LogP contribution is -2.24. The van der Waals surface area contributed by atoms with Crippen LogP contribution in [-0.4, -0.2) is 9.78 Å². The Morgan fingerprint density at radius 2 is 1.60 bits per heavy atom. The molecule has 0 fully saturated rings. The number of rotatable bonds is 1. The van der Waals surface area contributed by atoms with Gasteiger partial charge in [-0.2, -0.15) is 5.10 Å². The Kier molecular flexibility index (Phi) is 5.63. The Labute approximate surface area is 94.7 Å². The Morgan fingerprint density at radius 1 is 1.13 bits per heavy atom. The second kappa shape index (κ2) is 5.94. The van der Waals surface area contributed by atoms with Crippen molar-refractivity contribution in [3.05, 3.63) is 17.5 Å². The largest absolute Gasteiger partial charge is 0.264 e. The van der Waals surface area contributed by atoms with Gasteiger partial charge in [-0.3, -0.25) is 4.68 Å². The smallest absolute Gasteiger partial charge is 0.0596 e. The van der Waals surface area contributed by atoms with Crippen LogP contribution < -0.4 is 0 Å². The Bertz CT molecular complexity index is 277. The fraction of sp³-hybridized carbons (Fsp3) is 0.769. The molecule has 0 aliphatic carbocycles. The molecule has 0 bridgehead atoms. The van der Waals surface area contributed by atoms with Gasteiger partial charge >= 0.3 is 0 Å². The van der Waals surface area contributed by atoms with E-state index in [0.29, 0.717) is 0 Å². The summed E-state index contributed by atoms with van der Waals surface area (Å²) in [4.78, 5) is 0. The van der Waals surface area contributed by atoms with Crippen molar-refractivity contribution in [3.8, 4) is 0 Å². The molecular weight excluding hydrogens is 184 g/mol. The maximum Gasteiger partial charge on any atom is 0.0596 e. The van der Waals surface area contributed by atoms with E-state index in [1.54, 1.807) is 0 Å². The molecule has 0 aliphatic heterocycles. The standard InChI is InChI=1S/C9H16N2.C4H10/c1-7-6-8(2)11(10-7)9(3,4)5;1-3-4-2/h6H,1-5H3;3-4H2,1-2H3. The minimum Gasteiger partial charge on any atom is -0.264 e. The van der Waals surface area contributed by atoms with Crippen LogP contribution in [0.4, 0.5) is 0 Å². The van der Waals surface area contributed by atoms with Crippen LogP contribution in [-0.2, 0) is 5.54 Å². The number of hydrogen-bond donors (Lipinski definition) is 0. The van der Waals surface area contributed by atoms with Crippen molar-refractivity contribution in [2.24, 2.45) is 0 Å². The molecule has 15 heavy (non-hydrogen) atoms. The van der Waals surface area contributed by atoms with E-state index in [1.807, 2.05) is 6.92 Å². The van der Waals surface area contributed by atoms with Crippen LogP contribution in [0.2, 0.25) is 0 Å². The lowest BCUT2D eigenvalue weighted by molar-refractivity contribution is 0.346. The van der Waals surface area contributed by atoms with Crippen molar-refractivity contribution in [2.75, 3.05) is 0 Å².